The Morgan fingerprint density at radius 2 is 1.47 bits per heavy atom. The van der Waals surface area contributed by atoms with Crippen molar-refractivity contribution in [1.29, 1.82) is 0 Å². The van der Waals surface area contributed by atoms with E-state index in [0.29, 0.717) is 25.3 Å². The lowest BCUT2D eigenvalue weighted by Crippen LogP contribution is -2.59. The quantitative estimate of drug-likeness (QED) is 0.139. The molecule has 10 nitrogen and oxygen atoms in total. The minimum atomic E-state index is -0.819. The van der Waals surface area contributed by atoms with Crippen LogP contribution in [0, 0.1) is 5.92 Å². The molecule has 0 saturated carbocycles. The SMILES string of the molecule is CC(C)c1nc(CN(C)C(=O)N[C@H](C(=O)N[C@@H](Cc2ccccc2)[C@H](Cc2ccccc2)NC(=O)OCc2cncs2)C(C)C)cs1. The first-order valence-electron chi connectivity index (χ1n) is 15.7. The number of nitrogens with zero attached hydrogens (tertiary/aromatic N) is 3. The van der Waals surface area contributed by atoms with E-state index in [-0.39, 0.29) is 24.5 Å². The van der Waals surface area contributed by atoms with Crippen molar-refractivity contribution >= 4 is 40.7 Å². The van der Waals surface area contributed by atoms with Crippen molar-refractivity contribution in [3.63, 3.8) is 0 Å². The molecule has 4 aromatic rings. The van der Waals surface area contributed by atoms with Gasteiger partial charge in [-0.2, -0.15) is 0 Å². The number of carbonyl (C=O) groups excluding carboxylic acids is 3. The Kier molecular flexibility index (Phi) is 13.3. The number of aromatic nitrogens is 2. The smallest absolute Gasteiger partial charge is 0.407 e. The third-order valence-electron chi connectivity index (χ3n) is 7.58. The van der Waals surface area contributed by atoms with Crippen molar-refractivity contribution in [3.05, 3.63) is 104 Å². The topological polar surface area (TPSA) is 126 Å². The maximum absolute atomic E-state index is 14.0. The van der Waals surface area contributed by atoms with E-state index in [0.717, 1.165) is 26.7 Å². The van der Waals surface area contributed by atoms with Gasteiger partial charge in [-0.3, -0.25) is 9.78 Å². The molecule has 0 spiro atoms. The second-order valence-corrected chi connectivity index (χ2v) is 14.0. The van der Waals surface area contributed by atoms with Gasteiger partial charge in [-0.1, -0.05) is 88.4 Å². The molecule has 0 fully saturated rings. The summed E-state index contributed by atoms with van der Waals surface area (Å²) in [5, 5.41) is 12.1. The molecule has 47 heavy (non-hydrogen) atoms. The van der Waals surface area contributed by atoms with Gasteiger partial charge in [0, 0.05) is 24.5 Å². The minimum absolute atomic E-state index is 0.0962. The average Bonchev–Trinajstić information content (AvgIpc) is 3.75. The number of urea groups is 1. The summed E-state index contributed by atoms with van der Waals surface area (Å²) in [5.74, 6) is -0.233. The Balaban J connectivity index is 1.52. The van der Waals surface area contributed by atoms with Crippen molar-refractivity contribution in [1.82, 2.24) is 30.8 Å². The van der Waals surface area contributed by atoms with E-state index in [9.17, 15) is 14.4 Å². The molecule has 4 amide bonds. The monoisotopic (exact) mass is 676 g/mol. The van der Waals surface area contributed by atoms with Crippen LogP contribution in [-0.2, 0) is 35.5 Å². The third kappa shape index (κ3) is 11.2. The van der Waals surface area contributed by atoms with Crippen LogP contribution in [0.15, 0.2) is 77.8 Å². The van der Waals surface area contributed by atoms with E-state index in [1.54, 1.807) is 30.1 Å². The Morgan fingerprint density at radius 3 is 2.00 bits per heavy atom. The molecule has 0 radical (unpaired) electrons. The molecule has 0 saturated heterocycles. The molecular weight excluding hydrogens is 633 g/mol. The molecule has 2 heterocycles. The van der Waals surface area contributed by atoms with E-state index in [4.69, 9.17) is 4.74 Å². The molecule has 3 N–H and O–H groups in total. The highest BCUT2D eigenvalue weighted by Crippen LogP contribution is 2.20. The largest absolute Gasteiger partial charge is 0.444 e. The lowest BCUT2D eigenvalue weighted by Gasteiger charge is -2.32. The lowest BCUT2D eigenvalue weighted by atomic mass is 9.93. The Labute approximate surface area is 285 Å². The highest BCUT2D eigenvalue weighted by Gasteiger charge is 2.32. The van der Waals surface area contributed by atoms with Crippen LogP contribution in [0.4, 0.5) is 9.59 Å². The van der Waals surface area contributed by atoms with Gasteiger partial charge in [0.05, 0.1) is 39.7 Å². The highest BCUT2D eigenvalue weighted by atomic mass is 32.1. The van der Waals surface area contributed by atoms with Crippen LogP contribution < -0.4 is 16.0 Å². The van der Waals surface area contributed by atoms with E-state index in [1.165, 1.54) is 16.2 Å². The first-order chi connectivity index (χ1) is 22.6. The molecule has 3 atom stereocenters. The van der Waals surface area contributed by atoms with Crippen molar-refractivity contribution < 1.29 is 19.1 Å². The molecular formula is C35H44N6O4S2. The predicted molar refractivity (Wildman–Crippen MR) is 186 cm³/mol. The van der Waals surface area contributed by atoms with E-state index in [2.05, 4.69) is 39.8 Å². The average molecular weight is 677 g/mol. The van der Waals surface area contributed by atoms with E-state index >= 15 is 0 Å². The zero-order chi connectivity index (χ0) is 33.8. The lowest BCUT2D eigenvalue weighted by molar-refractivity contribution is -0.124. The molecule has 12 heteroatoms. The van der Waals surface area contributed by atoms with Crippen LogP contribution >= 0.6 is 22.7 Å². The first-order valence-corrected chi connectivity index (χ1v) is 17.5. The van der Waals surface area contributed by atoms with Crippen LogP contribution in [0.25, 0.3) is 0 Å². The van der Waals surface area contributed by atoms with Crippen molar-refractivity contribution in [2.75, 3.05) is 7.05 Å². The van der Waals surface area contributed by atoms with Crippen LogP contribution in [0.5, 0.6) is 0 Å². The molecule has 2 aromatic heterocycles. The summed E-state index contributed by atoms with van der Waals surface area (Å²) in [7, 11) is 1.69. The van der Waals surface area contributed by atoms with Gasteiger partial charge in [-0.05, 0) is 29.9 Å². The summed E-state index contributed by atoms with van der Waals surface area (Å²) >= 11 is 2.98. The Morgan fingerprint density at radius 1 is 0.851 bits per heavy atom. The Bertz CT molecular complexity index is 1550. The number of rotatable bonds is 15. The third-order valence-corrected chi connectivity index (χ3v) is 9.53. The maximum atomic E-state index is 14.0. The highest BCUT2D eigenvalue weighted by molar-refractivity contribution is 7.09. The molecule has 4 rings (SSSR count). The molecule has 0 aliphatic heterocycles. The fourth-order valence-electron chi connectivity index (χ4n) is 4.99. The second kappa shape index (κ2) is 17.6. The number of carbonyl (C=O) groups is 3. The zero-order valence-corrected chi connectivity index (χ0v) is 29.1. The van der Waals surface area contributed by atoms with Gasteiger partial charge in [-0.25, -0.2) is 14.6 Å². The minimum Gasteiger partial charge on any atom is -0.444 e. The van der Waals surface area contributed by atoms with E-state index < -0.39 is 24.2 Å². The molecule has 0 aliphatic carbocycles. The second-order valence-electron chi connectivity index (χ2n) is 12.1. The summed E-state index contributed by atoms with van der Waals surface area (Å²) in [4.78, 5) is 51.4. The number of nitrogens with one attached hydrogen (secondary N) is 3. The number of hydrogen-bond donors (Lipinski definition) is 3. The number of ether oxygens (including phenoxy) is 1. The van der Waals surface area contributed by atoms with Crippen LogP contribution in [0.3, 0.4) is 0 Å². The van der Waals surface area contributed by atoms with Gasteiger partial charge in [0.2, 0.25) is 5.91 Å². The van der Waals surface area contributed by atoms with E-state index in [1.807, 2.05) is 79.9 Å². The summed E-state index contributed by atoms with van der Waals surface area (Å²) in [6.07, 6.45) is 1.96. The number of benzene rings is 2. The van der Waals surface area contributed by atoms with Crippen LogP contribution in [0.1, 0.15) is 60.3 Å². The van der Waals surface area contributed by atoms with Gasteiger partial charge in [0.1, 0.15) is 12.6 Å². The van der Waals surface area contributed by atoms with Gasteiger partial charge < -0.3 is 25.6 Å². The standard InChI is InChI=1S/C35H44N6O4S2/c1-23(2)31(40-34(43)41(5)19-27-21-46-33(37-27)24(3)4)32(42)38-29(16-25-12-8-6-9-13-25)30(17-26-14-10-7-11-15-26)39-35(44)45-20-28-18-36-22-47-28/h6-15,18,21-24,29-31H,16-17,19-20H2,1-5H3,(H,38,42)(H,39,44)(H,40,43)/t29-,30-,31-/m0/s1. The molecule has 2 aromatic carbocycles. The molecule has 250 valence electrons. The van der Waals surface area contributed by atoms with Crippen LogP contribution in [0.2, 0.25) is 0 Å². The fraction of sp³-hybridized carbons (Fsp3) is 0.400. The normalized spacial score (nSPS) is 13.1. The van der Waals surface area contributed by atoms with Crippen molar-refractivity contribution in [2.45, 2.75) is 77.7 Å². The van der Waals surface area contributed by atoms with Gasteiger partial charge >= 0.3 is 12.1 Å². The van der Waals surface area contributed by atoms with Crippen molar-refractivity contribution in [3.8, 4) is 0 Å². The zero-order valence-electron chi connectivity index (χ0n) is 27.5. The predicted octanol–water partition coefficient (Wildman–Crippen LogP) is 6.15. The number of amides is 4. The Hall–Kier alpha value is -4.29. The number of alkyl carbamates (subject to hydrolysis) is 1. The summed E-state index contributed by atoms with van der Waals surface area (Å²) in [6.45, 7) is 8.37. The van der Waals surface area contributed by atoms with Crippen LogP contribution in [-0.4, -0.2) is 58.1 Å². The fourth-order valence-corrected chi connectivity index (χ4v) is 6.32. The van der Waals surface area contributed by atoms with Gasteiger partial charge in [0.15, 0.2) is 0 Å². The summed E-state index contributed by atoms with van der Waals surface area (Å²) in [6, 6.07) is 17.3. The van der Waals surface area contributed by atoms with Gasteiger partial charge in [0.25, 0.3) is 0 Å². The first kappa shape index (κ1) is 35.6. The number of hydrogen-bond acceptors (Lipinski definition) is 8. The molecule has 0 bridgehead atoms. The molecule has 0 unspecified atom stereocenters. The summed E-state index contributed by atoms with van der Waals surface area (Å²) < 4.78 is 5.53. The number of thiazole rings is 2. The van der Waals surface area contributed by atoms with Crippen molar-refractivity contribution in [2.24, 2.45) is 5.92 Å². The summed E-state index contributed by atoms with van der Waals surface area (Å²) in [5.41, 5.74) is 4.47. The van der Waals surface area contributed by atoms with Gasteiger partial charge in [-0.15, -0.1) is 22.7 Å². The maximum Gasteiger partial charge on any atom is 0.407 e. The molecule has 0 aliphatic rings.